The minimum Gasteiger partial charge on any atom is -0.481 e. The van der Waals surface area contributed by atoms with Gasteiger partial charge in [-0.1, -0.05) is 63.3 Å². The van der Waals surface area contributed by atoms with Gasteiger partial charge in [-0.3, -0.25) is 0 Å². The molecule has 0 radical (unpaired) electrons. The first-order valence-corrected chi connectivity index (χ1v) is 10.6. The Morgan fingerprint density at radius 3 is 2.52 bits per heavy atom. The highest BCUT2D eigenvalue weighted by Crippen LogP contribution is 2.36. The maximum absolute atomic E-state index is 6.06. The summed E-state index contributed by atoms with van der Waals surface area (Å²) in [6, 6.07) is 7.62. The molecule has 2 nitrogen and oxygen atoms in total. The van der Waals surface area contributed by atoms with Gasteiger partial charge < -0.3 is 9.16 Å². The zero-order valence-electron chi connectivity index (χ0n) is 14.8. The molecule has 1 aromatic carbocycles. The van der Waals surface area contributed by atoms with Gasteiger partial charge in [0.25, 0.3) is 0 Å². The third-order valence-electron chi connectivity index (χ3n) is 4.18. The van der Waals surface area contributed by atoms with Crippen LogP contribution in [-0.2, 0) is 9.16 Å². The molecule has 1 aromatic rings. The summed E-state index contributed by atoms with van der Waals surface area (Å²) in [7, 11) is -1.79. The van der Waals surface area contributed by atoms with E-state index in [1.807, 2.05) is 24.3 Å². The molecule has 0 bridgehead atoms. The molecule has 1 rings (SSSR count). The van der Waals surface area contributed by atoms with E-state index < -0.39 is 14.4 Å². The molecule has 122 valence electrons. The van der Waals surface area contributed by atoms with Crippen LogP contribution in [0.3, 0.4) is 0 Å². The first kappa shape index (κ1) is 19.1. The largest absolute Gasteiger partial charge is 0.481 e. The van der Waals surface area contributed by atoms with Gasteiger partial charge in [0.15, 0.2) is 14.4 Å². The lowest BCUT2D eigenvalue weighted by Crippen LogP contribution is -2.40. The summed E-state index contributed by atoms with van der Waals surface area (Å²) in [5, 5.41) is 0.168. The van der Waals surface area contributed by atoms with Gasteiger partial charge in [-0.05, 0) is 24.2 Å². The molecule has 0 fully saturated rings. The van der Waals surface area contributed by atoms with Crippen LogP contribution in [0.4, 0.5) is 0 Å². The molecule has 0 heterocycles. The summed E-state index contributed by atoms with van der Waals surface area (Å²) in [6.07, 6.45) is 6.51. The molecule has 0 aliphatic rings. The van der Waals surface area contributed by atoms with E-state index in [-0.39, 0.29) is 5.04 Å². The Bertz CT molecular complexity index is 636. The third kappa shape index (κ3) is 5.32. The van der Waals surface area contributed by atoms with Gasteiger partial charge in [-0.25, -0.2) is 0 Å². The molecule has 0 aliphatic heterocycles. The number of benzene rings is 1. The van der Waals surface area contributed by atoms with Crippen molar-refractivity contribution < 1.29 is 9.16 Å². The molecular formula is C20H26O2Si. The lowest BCUT2D eigenvalue weighted by molar-refractivity contribution is 0.199. The zero-order valence-corrected chi connectivity index (χ0v) is 15.8. The van der Waals surface area contributed by atoms with Crippen molar-refractivity contribution in [2.45, 2.75) is 45.0 Å². The fourth-order valence-corrected chi connectivity index (χ4v) is 2.57. The molecule has 1 atom stereocenters. The van der Waals surface area contributed by atoms with Gasteiger partial charge in [0, 0.05) is 11.1 Å². The number of hydrogen-bond acceptors (Lipinski definition) is 2. The second-order valence-electron chi connectivity index (χ2n) is 6.78. The highest BCUT2D eigenvalue weighted by Gasteiger charge is 2.36. The maximum atomic E-state index is 6.06. The predicted molar refractivity (Wildman–Crippen MR) is 99.3 cm³/mol. The van der Waals surface area contributed by atoms with Crippen molar-refractivity contribution >= 4 is 8.32 Å². The van der Waals surface area contributed by atoms with Gasteiger partial charge in [0.1, 0.15) is 0 Å². The summed E-state index contributed by atoms with van der Waals surface area (Å²) < 4.78 is 11.6. The smallest absolute Gasteiger partial charge is 0.193 e. The average Bonchev–Trinajstić information content (AvgIpc) is 2.49. The van der Waals surface area contributed by atoms with Crippen LogP contribution in [0, 0.1) is 24.2 Å². The molecular weight excluding hydrogens is 300 g/mol. The van der Waals surface area contributed by atoms with Crippen LogP contribution in [-0.4, -0.2) is 14.9 Å². The Balaban J connectivity index is 2.87. The monoisotopic (exact) mass is 326 g/mol. The first-order valence-electron chi connectivity index (χ1n) is 7.67. The Hall–Kier alpha value is -1.94. The Kier molecular flexibility index (Phi) is 6.70. The van der Waals surface area contributed by atoms with Crippen molar-refractivity contribution in [3.05, 3.63) is 48.2 Å². The minimum absolute atomic E-state index is 0.168. The highest BCUT2D eigenvalue weighted by atomic mass is 28.4. The predicted octanol–water partition coefficient (Wildman–Crippen LogP) is 4.89. The van der Waals surface area contributed by atoms with Crippen LogP contribution in [0.5, 0.6) is 0 Å². The molecule has 3 heteroatoms. The van der Waals surface area contributed by atoms with Crippen LogP contribution in [0.1, 0.15) is 38.0 Å². The van der Waals surface area contributed by atoms with Gasteiger partial charge in [-0.15, -0.1) is 6.42 Å². The standard InChI is InChI=1S/C20H26O2Si/c1-8-17-13-10-11-14-18(17)19(21-9-2)15-12-16-22-23(6,7)20(3,4)5/h1,9-11,13-14,19H,2,16H2,3-7H3. The molecule has 0 spiro atoms. The third-order valence-corrected chi connectivity index (χ3v) is 8.65. The topological polar surface area (TPSA) is 18.5 Å². The lowest BCUT2D eigenvalue weighted by atomic mass is 10.0. The van der Waals surface area contributed by atoms with E-state index in [9.17, 15) is 0 Å². The van der Waals surface area contributed by atoms with Crippen molar-refractivity contribution in [3.63, 3.8) is 0 Å². The Morgan fingerprint density at radius 2 is 1.96 bits per heavy atom. The first-order chi connectivity index (χ1) is 10.7. The second-order valence-corrected chi connectivity index (χ2v) is 11.6. The van der Waals surface area contributed by atoms with Crippen LogP contribution >= 0.6 is 0 Å². The molecule has 0 N–H and O–H groups in total. The SMILES string of the molecule is C#Cc1ccccc1C(C#CCO[Si](C)(C)C(C)(C)C)OC=C. The fraction of sp³-hybridized carbons (Fsp3) is 0.400. The highest BCUT2D eigenvalue weighted by molar-refractivity contribution is 6.74. The average molecular weight is 327 g/mol. The summed E-state index contributed by atoms with van der Waals surface area (Å²) in [4.78, 5) is 0. The second kappa shape index (κ2) is 8.06. The van der Waals surface area contributed by atoms with Crippen LogP contribution < -0.4 is 0 Å². The molecule has 0 amide bonds. The van der Waals surface area contributed by atoms with E-state index in [0.29, 0.717) is 6.61 Å². The van der Waals surface area contributed by atoms with Gasteiger partial charge in [-0.2, -0.15) is 0 Å². The van der Waals surface area contributed by atoms with E-state index in [4.69, 9.17) is 15.6 Å². The summed E-state index contributed by atoms with van der Waals surface area (Å²) in [5.74, 6) is 8.83. The van der Waals surface area contributed by atoms with Crippen molar-refractivity contribution in [2.24, 2.45) is 0 Å². The molecule has 23 heavy (non-hydrogen) atoms. The van der Waals surface area contributed by atoms with Crippen molar-refractivity contribution in [3.8, 4) is 24.2 Å². The van der Waals surface area contributed by atoms with Gasteiger partial charge >= 0.3 is 0 Å². The van der Waals surface area contributed by atoms with Crippen LogP contribution in [0.2, 0.25) is 18.1 Å². The summed E-state index contributed by atoms with van der Waals surface area (Å²) >= 11 is 0. The fourth-order valence-electron chi connectivity index (χ4n) is 1.71. The van der Waals surface area contributed by atoms with Crippen molar-refractivity contribution in [1.29, 1.82) is 0 Å². The molecule has 0 saturated carbocycles. The van der Waals surface area contributed by atoms with E-state index in [0.717, 1.165) is 11.1 Å². The molecule has 1 unspecified atom stereocenters. The normalized spacial score (nSPS) is 12.5. The molecule has 0 aromatic heterocycles. The Labute approximate surface area is 142 Å². The Morgan fingerprint density at radius 1 is 1.30 bits per heavy atom. The van der Waals surface area contributed by atoms with E-state index >= 15 is 0 Å². The summed E-state index contributed by atoms with van der Waals surface area (Å²) in [5.41, 5.74) is 1.65. The number of rotatable bonds is 5. The van der Waals surface area contributed by atoms with Gasteiger partial charge in [0.05, 0.1) is 12.9 Å². The quantitative estimate of drug-likeness (QED) is 0.435. The van der Waals surface area contributed by atoms with E-state index in [2.05, 4.69) is 58.2 Å². The molecule has 0 saturated heterocycles. The lowest BCUT2D eigenvalue weighted by Gasteiger charge is -2.35. The number of hydrogen-bond donors (Lipinski definition) is 0. The van der Waals surface area contributed by atoms with E-state index in [1.54, 1.807) is 0 Å². The minimum atomic E-state index is -1.79. The number of ether oxygens (including phenoxy) is 1. The zero-order chi connectivity index (χ0) is 17.5. The summed E-state index contributed by atoms with van der Waals surface area (Å²) in [6.45, 7) is 15.0. The number of terminal acetylenes is 1. The van der Waals surface area contributed by atoms with Crippen LogP contribution in [0.25, 0.3) is 0 Å². The molecule has 0 aliphatic carbocycles. The van der Waals surface area contributed by atoms with Crippen molar-refractivity contribution in [2.75, 3.05) is 6.61 Å². The van der Waals surface area contributed by atoms with Crippen molar-refractivity contribution in [1.82, 2.24) is 0 Å². The van der Waals surface area contributed by atoms with Gasteiger partial charge in [0.2, 0.25) is 0 Å². The van der Waals surface area contributed by atoms with E-state index in [1.165, 1.54) is 6.26 Å². The maximum Gasteiger partial charge on any atom is 0.193 e. The van der Waals surface area contributed by atoms with Crippen LogP contribution in [0.15, 0.2) is 37.1 Å².